The van der Waals surface area contributed by atoms with Crippen molar-refractivity contribution in [1.82, 2.24) is 15.1 Å². The molecule has 0 saturated carbocycles. The van der Waals surface area contributed by atoms with Crippen LogP contribution < -0.4 is 10.1 Å². The molecule has 0 saturated heterocycles. The monoisotopic (exact) mass is 273 g/mol. The summed E-state index contributed by atoms with van der Waals surface area (Å²) in [4.78, 5) is 0. The molecule has 1 heterocycles. The van der Waals surface area contributed by atoms with Crippen molar-refractivity contribution in [2.45, 2.75) is 32.9 Å². The molecule has 2 rings (SSSR count). The third-order valence-corrected chi connectivity index (χ3v) is 3.00. The Hall–Kier alpha value is -1.81. The van der Waals surface area contributed by atoms with Crippen LogP contribution in [-0.2, 0) is 13.1 Å². The maximum absolute atomic E-state index is 5.63. The van der Waals surface area contributed by atoms with Gasteiger partial charge >= 0.3 is 0 Å². The summed E-state index contributed by atoms with van der Waals surface area (Å²) in [5.74, 6) is 0.961. The molecule has 1 N–H and O–H groups in total. The predicted octanol–water partition coefficient (Wildman–Crippen LogP) is 2.85. The Balaban J connectivity index is 1.65. The van der Waals surface area contributed by atoms with E-state index in [0.29, 0.717) is 0 Å². The summed E-state index contributed by atoms with van der Waals surface area (Å²) in [6.45, 7) is 5.72. The van der Waals surface area contributed by atoms with Crippen LogP contribution in [0.2, 0.25) is 0 Å². The topological polar surface area (TPSA) is 39.1 Å². The zero-order valence-electron chi connectivity index (χ0n) is 12.1. The van der Waals surface area contributed by atoms with Gasteiger partial charge in [-0.3, -0.25) is 4.68 Å². The SMILES string of the molecule is CCCOc1cccc(CNCCCn2cccn2)c1. The van der Waals surface area contributed by atoms with E-state index in [9.17, 15) is 0 Å². The molecule has 0 atom stereocenters. The number of hydrogen-bond donors (Lipinski definition) is 1. The van der Waals surface area contributed by atoms with Gasteiger partial charge in [0.1, 0.15) is 5.75 Å². The minimum Gasteiger partial charge on any atom is -0.494 e. The molecule has 108 valence electrons. The number of aromatic nitrogens is 2. The molecule has 1 aromatic heterocycles. The average molecular weight is 273 g/mol. The molecule has 0 fully saturated rings. The van der Waals surface area contributed by atoms with Crippen molar-refractivity contribution in [3.63, 3.8) is 0 Å². The number of ether oxygens (including phenoxy) is 1. The Morgan fingerprint density at radius 1 is 1.30 bits per heavy atom. The van der Waals surface area contributed by atoms with Crippen molar-refractivity contribution in [2.24, 2.45) is 0 Å². The molecular weight excluding hydrogens is 250 g/mol. The minimum atomic E-state index is 0.779. The van der Waals surface area contributed by atoms with Crippen LogP contribution in [-0.4, -0.2) is 22.9 Å². The average Bonchev–Trinajstić information content (AvgIpc) is 2.98. The number of aryl methyl sites for hydroxylation is 1. The molecule has 0 aliphatic carbocycles. The van der Waals surface area contributed by atoms with E-state index in [1.807, 2.05) is 35.3 Å². The second-order valence-electron chi connectivity index (χ2n) is 4.80. The van der Waals surface area contributed by atoms with Gasteiger partial charge < -0.3 is 10.1 Å². The Morgan fingerprint density at radius 3 is 3.05 bits per heavy atom. The third kappa shape index (κ3) is 5.05. The number of rotatable bonds is 9. The van der Waals surface area contributed by atoms with Crippen LogP contribution in [0.1, 0.15) is 25.3 Å². The summed E-state index contributed by atoms with van der Waals surface area (Å²) >= 11 is 0. The molecule has 4 heteroatoms. The smallest absolute Gasteiger partial charge is 0.119 e. The molecule has 0 spiro atoms. The van der Waals surface area contributed by atoms with Crippen LogP contribution in [0.15, 0.2) is 42.7 Å². The second kappa shape index (κ2) is 8.38. The molecule has 4 nitrogen and oxygen atoms in total. The first-order chi connectivity index (χ1) is 9.88. The third-order valence-electron chi connectivity index (χ3n) is 3.00. The van der Waals surface area contributed by atoms with Gasteiger partial charge in [-0.1, -0.05) is 19.1 Å². The van der Waals surface area contributed by atoms with Crippen LogP contribution in [0.25, 0.3) is 0 Å². The first-order valence-corrected chi connectivity index (χ1v) is 7.28. The van der Waals surface area contributed by atoms with Crippen molar-refractivity contribution in [2.75, 3.05) is 13.2 Å². The summed E-state index contributed by atoms with van der Waals surface area (Å²) in [6.07, 6.45) is 5.92. The summed E-state index contributed by atoms with van der Waals surface area (Å²) < 4.78 is 7.59. The molecular formula is C16H23N3O. The van der Waals surface area contributed by atoms with Gasteiger partial charge in [-0.05, 0) is 43.1 Å². The van der Waals surface area contributed by atoms with Gasteiger partial charge in [0.2, 0.25) is 0 Å². The van der Waals surface area contributed by atoms with Gasteiger partial charge in [-0.25, -0.2) is 0 Å². The quantitative estimate of drug-likeness (QED) is 0.714. The Morgan fingerprint density at radius 2 is 2.25 bits per heavy atom. The van der Waals surface area contributed by atoms with Crippen LogP contribution >= 0.6 is 0 Å². The summed E-state index contributed by atoms with van der Waals surface area (Å²) in [6, 6.07) is 10.2. The summed E-state index contributed by atoms with van der Waals surface area (Å²) in [7, 11) is 0. The van der Waals surface area contributed by atoms with Crippen LogP contribution in [0, 0.1) is 0 Å². The number of hydrogen-bond acceptors (Lipinski definition) is 3. The summed E-state index contributed by atoms with van der Waals surface area (Å²) in [5, 5.41) is 7.64. The molecule has 2 aromatic rings. The number of nitrogens with one attached hydrogen (secondary N) is 1. The lowest BCUT2D eigenvalue weighted by Gasteiger charge is -2.08. The first-order valence-electron chi connectivity index (χ1n) is 7.28. The molecule has 0 bridgehead atoms. The fraction of sp³-hybridized carbons (Fsp3) is 0.438. The Kier molecular flexibility index (Phi) is 6.11. The van der Waals surface area contributed by atoms with Gasteiger partial charge in [0.05, 0.1) is 6.61 Å². The molecule has 0 aliphatic rings. The van der Waals surface area contributed by atoms with Crippen LogP contribution in [0.4, 0.5) is 0 Å². The van der Waals surface area contributed by atoms with E-state index >= 15 is 0 Å². The van der Waals surface area contributed by atoms with Crippen molar-refractivity contribution in [1.29, 1.82) is 0 Å². The molecule has 0 amide bonds. The van der Waals surface area contributed by atoms with E-state index in [1.54, 1.807) is 0 Å². The Bertz CT molecular complexity index is 482. The molecule has 20 heavy (non-hydrogen) atoms. The lowest BCUT2D eigenvalue weighted by atomic mass is 10.2. The van der Waals surface area contributed by atoms with Gasteiger partial charge in [-0.2, -0.15) is 5.10 Å². The lowest BCUT2D eigenvalue weighted by Crippen LogP contribution is -2.16. The van der Waals surface area contributed by atoms with Crippen molar-refractivity contribution in [3.05, 3.63) is 48.3 Å². The van der Waals surface area contributed by atoms with E-state index < -0.39 is 0 Å². The van der Waals surface area contributed by atoms with Gasteiger partial charge in [0, 0.05) is 25.5 Å². The van der Waals surface area contributed by atoms with E-state index in [2.05, 4.69) is 29.5 Å². The highest BCUT2D eigenvalue weighted by Gasteiger charge is 1.97. The van der Waals surface area contributed by atoms with E-state index in [1.165, 1.54) is 5.56 Å². The predicted molar refractivity (Wildman–Crippen MR) is 80.8 cm³/mol. The fourth-order valence-corrected chi connectivity index (χ4v) is 2.00. The normalized spacial score (nSPS) is 10.7. The minimum absolute atomic E-state index is 0.779. The Labute approximate surface area is 120 Å². The maximum atomic E-state index is 5.63. The fourth-order valence-electron chi connectivity index (χ4n) is 2.00. The van der Waals surface area contributed by atoms with Crippen molar-refractivity contribution < 1.29 is 4.74 Å². The van der Waals surface area contributed by atoms with Crippen LogP contribution in [0.3, 0.4) is 0 Å². The molecule has 1 aromatic carbocycles. The highest BCUT2D eigenvalue weighted by Crippen LogP contribution is 2.13. The zero-order valence-corrected chi connectivity index (χ0v) is 12.1. The molecule has 0 aliphatic heterocycles. The zero-order chi connectivity index (χ0) is 14.0. The second-order valence-corrected chi connectivity index (χ2v) is 4.80. The van der Waals surface area contributed by atoms with Gasteiger partial charge in [0.25, 0.3) is 0 Å². The maximum Gasteiger partial charge on any atom is 0.119 e. The van der Waals surface area contributed by atoms with E-state index in [-0.39, 0.29) is 0 Å². The highest BCUT2D eigenvalue weighted by molar-refractivity contribution is 5.28. The molecule has 0 radical (unpaired) electrons. The number of benzene rings is 1. The highest BCUT2D eigenvalue weighted by atomic mass is 16.5. The lowest BCUT2D eigenvalue weighted by molar-refractivity contribution is 0.317. The largest absolute Gasteiger partial charge is 0.494 e. The van der Waals surface area contributed by atoms with E-state index in [4.69, 9.17) is 4.74 Å². The van der Waals surface area contributed by atoms with Crippen LogP contribution in [0.5, 0.6) is 5.75 Å². The van der Waals surface area contributed by atoms with Gasteiger partial charge in [0.15, 0.2) is 0 Å². The van der Waals surface area contributed by atoms with Crippen molar-refractivity contribution >= 4 is 0 Å². The standard InChI is InChI=1S/C16H23N3O/c1-2-12-20-16-7-3-6-15(13-16)14-17-8-4-10-19-11-5-9-18-19/h3,5-7,9,11,13,17H,2,4,8,10,12,14H2,1H3. The number of nitrogens with zero attached hydrogens (tertiary/aromatic N) is 2. The summed E-state index contributed by atoms with van der Waals surface area (Å²) in [5.41, 5.74) is 1.26. The van der Waals surface area contributed by atoms with Crippen molar-refractivity contribution in [3.8, 4) is 5.75 Å². The van der Waals surface area contributed by atoms with Gasteiger partial charge in [-0.15, -0.1) is 0 Å². The van der Waals surface area contributed by atoms with E-state index in [0.717, 1.165) is 44.8 Å². The molecule has 0 unspecified atom stereocenters. The first kappa shape index (κ1) is 14.6.